The molecule has 16 heavy (non-hydrogen) atoms. The predicted molar refractivity (Wildman–Crippen MR) is 71.6 cm³/mol. The van der Waals surface area contributed by atoms with E-state index in [0.717, 1.165) is 15.6 Å². The Labute approximate surface area is 104 Å². The highest BCUT2D eigenvalue weighted by Crippen LogP contribution is 2.14. The second kappa shape index (κ2) is 4.99. The monoisotopic (exact) mass is 272 g/mol. The lowest BCUT2D eigenvalue weighted by molar-refractivity contribution is 1.47. The van der Waals surface area contributed by atoms with Gasteiger partial charge in [-0.15, -0.1) is 0 Å². The van der Waals surface area contributed by atoms with Crippen LogP contribution in [-0.2, 0) is 0 Å². The molecule has 0 unspecified atom stereocenters. The lowest BCUT2D eigenvalue weighted by Gasteiger charge is -1.96. The standard InChI is InChI=1S/C14H11BrN/c15-13-7-3-11(4-8-13)1-2-12-5-9-14(16)10-6-12/h1-10,16H/q+1. The Morgan fingerprint density at radius 2 is 1.62 bits per heavy atom. The van der Waals surface area contributed by atoms with Crippen molar-refractivity contribution in [3.05, 3.63) is 76.7 Å². The Morgan fingerprint density at radius 1 is 1.00 bits per heavy atom. The van der Waals surface area contributed by atoms with Crippen LogP contribution in [0.15, 0.2) is 64.7 Å². The zero-order valence-corrected chi connectivity index (χ0v) is 10.2. The molecular formula is C14H11BrN+. The lowest BCUT2D eigenvalue weighted by atomic mass is 10.1. The summed E-state index contributed by atoms with van der Waals surface area (Å²) in [4.78, 5) is 0. The molecule has 1 aliphatic rings. The van der Waals surface area contributed by atoms with Gasteiger partial charge in [0.25, 0.3) is 0 Å². The Hall–Kier alpha value is -1.54. The molecule has 1 nitrogen and oxygen atoms in total. The summed E-state index contributed by atoms with van der Waals surface area (Å²) in [6.07, 6.45) is 11.6. The fourth-order valence-corrected chi connectivity index (χ4v) is 1.62. The number of nitrogens with one attached hydrogen (secondary N) is 1. The minimum atomic E-state index is 0.542. The fourth-order valence-electron chi connectivity index (χ4n) is 1.36. The van der Waals surface area contributed by atoms with Crippen LogP contribution >= 0.6 is 15.9 Å². The summed E-state index contributed by atoms with van der Waals surface area (Å²) in [6, 6.07) is 8.15. The van der Waals surface area contributed by atoms with E-state index in [1.165, 1.54) is 0 Å². The molecular weight excluding hydrogens is 262 g/mol. The van der Waals surface area contributed by atoms with E-state index in [2.05, 4.69) is 34.5 Å². The molecule has 1 aliphatic carbocycles. The third-order valence-corrected chi connectivity index (χ3v) is 2.78. The number of hydrogen-bond acceptors (Lipinski definition) is 1. The molecule has 0 radical (unpaired) electrons. The third kappa shape index (κ3) is 2.97. The highest BCUT2D eigenvalue weighted by Gasteiger charge is 2.01. The SMILES string of the molecule is N=C1C=CC(=C[CH+]c2ccc(Br)cc2)C=C1. The second-order valence-corrected chi connectivity index (χ2v) is 4.42. The average Bonchev–Trinajstić information content (AvgIpc) is 2.30. The highest BCUT2D eigenvalue weighted by molar-refractivity contribution is 9.10. The molecule has 0 heterocycles. The summed E-state index contributed by atoms with van der Waals surface area (Å²) in [7, 11) is 0. The Kier molecular flexibility index (Phi) is 3.42. The van der Waals surface area contributed by atoms with Gasteiger partial charge in [-0.3, -0.25) is 0 Å². The molecule has 0 spiro atoms. The summed E-state index contributed by atoms with van der Waals surface area (Å²) in [6.45, 7) is 0. The van der Waals surface area contributed by atoms with Crippen molar-refractivity contribution < 1.29 is 0 Å². The average molecular weight is 273 g/mol. The van der Waals surface area contributed by atoms with Gasteiger partial charge in [0.05, 0.1) is 11.3 Å². The molecule has 0 bridgehead atoms. The molecule has 0 fully saturated rings. The first-order valence-electron chi connectivity index (χ1n) is 4.99. The summed E-state index contributed by atoms with van der Waals surface area (Å²) in [5.74, 6) is 0. The molecule has 2 rings (SSSR count). The number of benzene rings is 1. The van der Waals surface area contributed by atoms with Crippen LogP contribution in [0.25, 0.3) is 0 Å². The van der Waals surface area contributed by atoms with Crippen molar-refractivity contribution >= 4 is 21.6 Å². The first-order chi connectivity index (χ1) is 7.74. The normalized spacial score (nSPS) is 14.1. The quantitative estimate of drug-likeness (QED) is 0.785. The van der Waals surface area contributed by atoms with Crippen molar-refractivity contribution in [3.63, 3.8) is 0 Å². The van der Waals surface area contributed by atoms with Gasteiger partial charge in [-0.2, -0.15) is 0 Å². The number of allylic oxidation sites excluding steroid dienone is 6. The van der Waals surface area contributed by atoms with Crippen molar-refractivity contribution in [3.8, 4) is 0 Å². The Bertz CT molecular complexity index is 460. The maximum Gasteiger partial charge on any atom is 0.0953 e. The van der Waals surface area contributed by atoms with E-state index in [9.17, 15) is 0 Å². The van der Waals surface area contributed by atoms with Gasteiger partial charge < -0.3 is 5.41 Å². The molecule has 78 valence electrons. The van der Waals surface area contributed by atoms with E-state index < -0.39 is 0 Å². The molecule has 0 aliphatic heterocycles. The predicted octanol–water partition coefficient (Wildman–Crippen LogP) is 4.07. The minimum absolute atomic E-state index is 0.542. The fraction of sp³-hybridized carbons (Fsp3) is 0. The van der Waals surface area contributed by atoms with Gasteiger partial charge in [0, 0.05) is 34.7 Å². The van der Waals surface area contributed by atoms with Crippen LogP contribution in [0.3, 0.4) is 0 Å². The van der Waals surface area contributed by atoms with Crippen molar-refractivity contribution in [2.24, 2.45) is 0 Å². The summed E-state index contributed by atoms with van der Waals surface area (Å²) < 4.78 is 1.09. The Morgan fingerprint density at radius 3 is 2.25 bits per heavy atom. The van der Waals surface area contributed by atoms with Gasteiger partial charge in [0.2, 0.25) is 0 Å². The van der Waals surface area contributed by atoms with Crippen molar-refractivity contribution in [1.82, 2.24) is 0 Å². The first kappa shape index (κ1) is 11.0. The number of rotatable bonds is 2. The molecule has 1 aromatic rings. The van der Waals surface area contributed by atoms with E-state index in [1.807, 2.05) is 30.4 Å². The van der Waals surface area contributed by atoms with Crippen molar-refractivity contribution in [2.45, 2.75) is 0 Å². The molecule has 0 amide bonds. The van der Waals surface area contributed by atoms with E-state index in [-0.39, 0.29) is 0 Å². The summed E-state index contributed by atoms with van der Waals surface area (Å²) >= 11 is 3.40. The van der Waals surface area contributed by atoms with Crippen LogP contribution in [-0.4, -0.2) is 5.71 Å². The molecule has 0 aromatic heterocycles. The maximum absolute atomic E-state index is 7.38. The van der Waals surface area contributed by atoms with Crippen molar-refractivity contribution in [1.29, 1.82) is 5.41 Å². The smallest absolute Gasteiger partial charge is 0.0953 e. The Balaban J connectivity index is 2.04. The molecule has 1 aromatic carbocycles. The maximum atomic E-state index is 7.38. The van der Waals surface area contributed by atoms with Crippen LogP contribution in [0.2, 0.25) is 0 Å². The van der Waals surface area contributed by atoms with Crippen molar-refractivity contribution in [2.75, 3.05) is 0 Å². The van der Waals surface area contributed by atoms with Crippen LogP contribution < -0.4 is 0 Å². The van der Waals surface area contributed by atoms with E-state index in [4.69, 9.17) is 5.41 Å². The molecule has 0 saturated carbocycles. The molecule has 0 atom stereocenters. The van der Waals surface area contributed by atoms with E-state index in [1.54, 1.807) is 12.2 Å². The molecule has 0 saturated heterocycles. The zero-order chi connectivity index (χ0) is 11.4. The van der Waals surface area contributed by atoms with Crippen LogP contribution in [0.1, 0.15) is 5.56 Å². The van der Waals surface area contributed by atoms with Gasteiger partial charge in [0.15, 0.2) is 0 Å². The number of hydrogen-bond donors (Lipinski definition) is 1. The van der Waals surface area contributed by atoms with Gasteiger partial charge in [0.1, 0.15) is 0 Å². The first-order valence-corrected chi connectivity index (χ1v) is 5.79. The number of halogens is 1. The van der Waals surface area contributed by atoms with E-state index in [0.29, 0.717) is 5.71 Å². The van der Waals surface area contributed by atoms with Crippen LogP contribution in [0.5, 0.6) is 0 Å². The lowest BCUT2D eigenvalue weighted by Crippen LogP contribution is -1.90. The topological polar surface area (TPSA) is 23.9 Å². The van der Waals surface area contributed by atoms with Gasteiger partial charge >= 0.3 is 0 Å². The summed E-state index contributed by atoms with van der Waals surface area (Å²) in [5.41, 5.74) is 2.82. The van der Waals surface area contributed by atoms with Gasteiger partial charge in [-0.25, -0.2) is 0 Å². The molecule has 2 heteroatoms. The third-order valence-electron chi connectivity index (χ3n) is 2.25. The largest absolute Gasteiger partial charge is 0.301 e. The van der Waals surface area contributed by atoms with Crippen LogP contribution in [0, 0.1) is 11.8 Å². The van der Waals surface area contributed by atoms with Gasteiger partial charge in [-0.1, -0.05) is 0 Å². The molecule has 1 N–H and O–H groups in total. The van der Waals surface area contributed by atoms with E-state index >= 15 is 0 Å². The summed E-state index contributed by atoms with van der Waals surface area (Å²) in [5, 5.41) is 7.38. The van der Waals surface area contributed by atoms with Gasteiger partial charge in [-0.05, 0) is 52.4 Å². The minimum Gasteiger partial charge on any atom is -0.301 e. The highest BCUT2D eigenvalue weighted by atomic mass is 79.9. The van der Waals surface area contributed by atoms with Crippen LogP contribution in [0.4, 0.5) is 0 Å². The zero-order valence-electron chi connectivity index (χ0n) is 8.65. The second-order valence-electron chi connectivity index (χ2n) is 3.51.